The summed E-state index contributed by atoms with van der Waals surface area (Å²) in [5, 5.41) is 1.22. The van der Waals surface area contributed by atoms with Gasteiger partial charge in [-0.1, -0.05) is 11.6 Å². The number of aromatic nitrogens is 1. The first-order valence-electron chi connectivity index (χ1n) is 3.55. The Labute approximate surface area is 79.2 Å². The van der Waals surface area contributed by atoms with E-state index < -0.39 is 0 Å². The average Bonchev–Trinajstić information content (AvgIpc) is 2.55. The zero-order chi connectivity index (χ0) is 7.68. The number of nitrogens with zero attached hydrogens (tertiary/aromatic N) is 1. The molecule has 0 amide bonds. The van der Waals surface area contributed by atoms with E-state index in [0.29, 0.717) is 5.92 Å². The Morgan fingerprint density at radius 2 is 2.55 bits per heavy atom. The number of hydrogen-bond donors (Lipinski definition) is 0. The summed E-state index contributed by atoms with van der Waals surface area (Å²) in [5.41, 5.74) is 0. The van der Waals surface area contributed by atoms with E-state index in [1.54, 1.807) is 17.5 Å². The van der Waals surface area contributed by atoms with Gasteiger partial charge in [0.15, 0.2) is 0 Å². The summed E-state index contributed by atoms with van der Waals surface area (Å²) in [6.07, 6.45) is 3.03. The molecule has 1 aromatic heterocycles. The molecule has 0 aliphatic carbocycles. The van der Waals surface area contributed by atoms with Gasteiger partial charge in [0, 0.05) is 11.7 Å². The van der Waals surface area contributed by atoms with Gasteiger partial charge in [0.25, 0.3) is 0 Å². The maximum Gasteiger partial charge on any atom is 0.113 e. The molecule has 2 rings (SSSR count). The van der Waals surface area contributed by atoms with Gasteiger partial charge < -0.3 is 0 Å². The van der Waals surface area contributed by atoms with E-state index in [9.17, 15) is 0 Å². The first kappa shape index (κ1) is 7.90. The standard InChI is InChI=1S/C7H8ClNS2/c8-6-3-9-7(11-6)5-1-2-10-4-5/h3,5H,1-2,4H2. The highest BCUT2D eigenvalue weighted by Gasteiger charge is 2.20. The number of thiazole rings is 1. The number of thioether (sulfide) groups is 1. The van der Waals surface area contributed by atoms with Crippen LogP contribution in [-0.2, 0) is 0 Å². The summed E-state index contributed by atoms with van der Waals surface area (Å²) >= 11 is 9.42. The predicted molar refractivity (Wildman–Crippen MR) is 51.8 cm³/mol. The second-order valence-corrected chi connectivity index (χ2v) is 5.41. The van der Waals surface area contributed by atoms with Crippen molar-refractivity contribution in [3.05, 3.63) is 15.5 Å². The molecule has 2 heterocycles. The van der Waals surface area contributed by atoms with Crippen LogP contribution in [0.3, 0.4) is 0 Å². The van der Waals surface area contributed by atoms with E-state index in [4.69, 9.17) is 11.6 Å². The molecule has 60 valence electrons. The Kier molecular flexibility index (Phi) is 2.39. The van der Waals surface area contributed by atoms with Crippen LogP contribution in [0.4, 0.5) is 0 Å². The van der Waals surface area contributed by atoms with Gasteiger partial charge in [0.05, 0.1) is 11.2 Å². The third-order valence-electron chi connectivity index (χ3n) is 1.77. The molecule has 1 unspecified atom stereocenters. The van der Waals surface area contributed by atoms with Crippen molar-refractivity contribution in [2.45, 2.75) is 12.3 Å². The van der Waals surface area contributed by atoms with Crippen molar-refractivity contribution in [1.82, 2.24) is 4.98 Å². The largest absolute Gasteiger partial charge is 0.248 e. The number of rotatable bonds is 1. The van der Waals surface area contributed by atoms with Gasteiger partial charge in [-0.3, -0.25) is 0 Å². The average molecular weight is 206 g/mol. The highest BCUT2D eigenvalue weighted by atomic mass is 35.5. The van der Waals surface area contributed by atoms with Crippen LogP contribution in [0.1, 0.15) is 17.3 Å². The fourth-order valence-electron chi connectivity index (χ4n) is 1.18. The second kappa shape index (κ2) is 3.33. The van der Waals surface area contributed by atoms with Crippen molar-refractivity contribution in [1.29, 1.82) is 0 Å². The summed E-state index contributed by atoms with van der Waals surface area (Å²) < 4.78 is 0.817. The van der Waals surface area contributed by atoms with Crippen LogP contribution in [0.2, 0.25) is 4.34 Å². The zero-order valence-corrected chi connectivity index (χ0v) is 8.31. The van der Waals surface area contributed by atoms with Gasteiger partial charge in [-0.25, -0.2) is 4.98 Å². The van der Waals surface area contributed by atoms with Crippen molar-refractivity contribution >= 4 is 34.7 Å². The fourth-order valence-corrected chi connectivity index (χ4v) is 3.58. The van der Waals surface area contributed by atoms with Gasteiger partial charge in [-0.05, 0) is 12.2 Å². The van der Waals surface area contributed by atoms with Crippen LogP contribution in [-0.4, -0.2) is 16.5 Å². The summed E-state index contributed by atoms with van der Waals surface area (Å²) in [6.45, 7) is 0. The minimum Gasteiger partial charge on any atom is -0.248 e. The minimum absolute atomic E-state index is 0.678. The molecule has 0 bridgehead atoms. The van der Waals surface area contributed by atoms with Crippen LogP contribution in [0.5, 0.6) is 0 Å². The maximum absolute atomic E-state index is 5.79. The van der Waals surface area contributed by atoms with Crippen LogP contribution >= 0.6 is 34.7 Å². The van der Waals surface area contributed by atoms with Crippen molar-refractivity contribution in [3.63, 3.8) is 0 Å². The molecule has 1 nitrogen and oxygen atoms in total. The SMILES string of the molecule is Clc1cnc(C2CCSC2)s1. The number of hydrogen-bond acceptors (Lipinski definition) is 3. The lowest BCUT2D eigenvalue weighted by Gasteiger charge is -2.00. The van der Waals surface area contributed by atoms with E-state index in [-0.39, 0.29) is 0 Å². The molecule has 1 aliphatic rings. The lowest BCUT2D eigenvalue weighted by atomic mass is 10.1. The minimum atomic E-state index is 0.678. The van der Waals surface area contributed by atoms with E-state index in [2.05, 4.69) is 4.98 Å². The Hall–Kier alpha value is 0.270. The van der Waals surface area contributed by atoms with Crippen LogP contribution in [0, 0.1) is 0 Å². The highest BCUT2D eigenvalue weighted by Crippen LogP contribution is 2.35. The first-order chi connectivity index (χ1) is 5.36. The normalized spacial score (nSPS) is 24.3. The molecule has 1 atom stereocenters. The molecule has 1 fully saturated rings. The maximum atomic E-state index is 5.79. The van der Waals surface area contributed by atoms with E-state index >= 15 is 0 Å². The van der Waals surface area contributed by atoms with Crippen molar-refractivity contribution in [2.24, 2.45) is 0 Å². The summed E-state index contributed by atoms with van der Waals surface area (Å²) in [6, 6.07) is 0. The lowest BCUT2D eigenvalue weighted by Crippen LogP contribution is -1.93. The van der Waals surface area contributed by atoms with Crippen LogP contribution < -0.4 is 0 Å². The van der Waals surface area contributed by atoms with Crippen LogP contribution in [0.15, 0.2) is 6.20 Å². The van der Waals surface area contributed by atoms with Gasteiger partial charge in [0.2, 0.25) is 0 Å². The van der Waals surface area contributed by atoms with Gasteiger partial charge in [-0.2, -0.15) is 11.8 Å². The van der Waals surface area contributed by atoms with Crippen molar-refractivity contribution < 1.29 is 0 Å². The van der Waals surface area contributed by atoms with Crippen molar-refractivity contribution in [3.8, 4) is 0 Å². The van der Waals surface area contributed by atoms with Gasteiger partial charge >= 0.3 is 0 Å². The summed E-state index contributed by atoms with van der Waals surface area (Å²) in [5.74, 6) is 3.18. The highest BCUT2D eigenvalue weighted by molar-refractivity contribution is 7.99. The van der Waals surface area contributed by atoms with Gasteiger partial charge in [0.1, 0.15) is 4.34 Å². The Morgan fingerprint density at radius 3 is 3.09 bits per heavy atom. The Morgan fingerprint density at radius 1 is 1.64 bits per heavy atom. The molecule has 0 spiro atoms. The molecule has 1 saturated heterocycles. The smallest absolute Gasteiger partial charge is 0.113 e. The topological polar surface area (TPSA) is 12.9 Å². The molecule has 0 radical (unpaired) electrons. The zero-order valence-electron chi connectivity index (χ0n) is 5.92. The third-order valence-corrected chi connectivity index (χ3v) is 4.21. The monoisotopic (exact) mass is 205 g/mol. The molecule has 11 heavy (non-hydrogen) atoms. The molecule has 1 aliphatic heterocycles. The molecular formula is C7H8ClNS2. The third kappa shape index (κ3) is 1.71. The molecular weight excluding hydrogens is 198 g/mol. The molecule has 0 N–H and O–H groups in total. The first-order valence-corrected chi connectivity index (χ1v) is 5.90. The molecule has 0 aromatic carbocycles. The van der Waals surface area contributed by atoms with Gasteiger partial charge in [-0.15, -0.1) is 11.3 Å². The summed E-state index contributed by atoms with van der Waals surface area (Å²) in [7, 11) is 0. The Bertz CT molecular complexity index is 242. The Balaban J connectivity index is 2.15. The van der Waals surface area contributed by atoms with E-state index in [1.165, 1.54) is 22.9 Å². The summed E-state index contributed by atoms with van der Waals surface area (Å²) in [4.78, 5) is 4.27. The predicted octanol–water partition coefficient (Wildman–Crippen LogP) is 3.02. The van der Waals surface area contributed by atoms with E-state index in [0.717, 1.165) is 4.34 Å². The van der Waals surface area contributed by atoms with Crippen molar-refractivity contribution in [2.75, 3.05) is 11.5 Å². The molecule has 4 heteroatoms. The quantitative estimate of drug-likeness (QED) is 0.699. The van der Waals surface area contributed by atoms with Crippen LogP contribution in [0.25, 0.3) is 0 Å². The second-order valence-electron chi connectivity index (χ2n) is 2.56. The van der Waals surface area contributed by atoms with E-state index in [1.807, 2.05) is 11.8 Å². The molecule has 1 aromatic rings. The number of halogens is 1. The fraction of sp³-hybridized carbons (Fsp3) is 0.571. The molecule has 0 saturated carbocycles. The lowest BCUT2D eigenvalue weighted by molar-refractivity contribution is 0.773.